The van der Waals surface area contributed by atoms with Crippen LogP contribution in [0.2, 0.25) is 0 Å². The maximum Gasteiger partial charge on any atom is 0.344 e. The van der Waals surface area contributed by atoms with Gasteiger partial charge in [-0.15, -0.1) is 11.3 Å². The SMILES string of the molecule is CCc1nc(/C(C#N)=C\c2cccc(O[C@@H](C)C(=O)O)c2)sc1C. The molecule has 0 amide bonds. The monoisotopic (exact) mass is 342 g/mol. The zero-order chi connectivity index (χ0) is 17.7. The van der Waals surface area contributed by atoms with Crippen molar-refractivity contribution in [3.8, 4) is 11.8 Å². The number of hydrogen-bond donors (Lipinski definition) is 1. The highest BCUT2D eigenvalue weighted by atomic mass is 32.1. The van der Waals surface area contributed by atoms with Crippen LogP contribution in [-0.2, 0) is 11.2 Å². The van der Waals surface area contributed by atoms with Crippen LogP contribution in [0.4, 0.5) is 0 Å². The summed E-state index contributed by atoms with van der Waals surface area (Å²) in [5.74, 6) is -0.584. The fourth-order valence-corrected chi connectivity index (χ4v) is 3.08. The van der Waals surface area contributed by atoms with E-state index in [4.69, 9.17) is 9.84 Å². The van der Waals surface area contributed by atoms with Crippen molar-refractivity contribution in [2.75, 3.05) is 0 Å². The predicted molar refractivity (Wildman–Crippen MR) is 93.9 cm³/mol. The number of rotatable bonds is 6. The Morgan fingerprint density at radius 3 is 2.88 bits per heavy atom. The normalized spacial score (nSPS) is 12.5. The molecule has 1 heterocycles. The van der Waals surface area contributed by atoms with E-state index in [2.05, 4.69) is 11.1 Å². The molecule has 6 heteroatoms. The molecule has 0 aliphatic carbocycles. The number of carboxylic acid groups (broad SMARTS) is 1. The molecule has 0 aliphatic heterocycles. The molecule has 0 spiro atoms. The number of nitriles is 1. The average molecular weight is 342 g/mol. The molecule has 0 radical (unpaired) electrons. The van der Waals surface area contributed by atoms with Gasteiger partial charge in [0.15, 0.2) is 6.10 Å². The Morgan fingerprint density at radius 2 is 2.29 bits per heavy atom. The summed E-state index contributed by atoms with van der Waals surface area (Å²) in [6.07, 6.45) is 1.63. The third-order valence-corrected chi connectivity index (χ3v) is 4.45. The van der Waals surface area contributed by atoms with E-state index in [0.29, 0.717) is 16.3 Å². The minimum Gasteiger partial charge on any atom is -0.479 e. The van der Waals surface area contributed by atoms with Gasteiger partial charge in [-0.3, -0.25) is 0 Å². The molecule has 2 aromatic rings. The standard InChI is InChI=1S/C18H18N2O3S/c1-4-16-12(3)24-17(20-16)14(10-19)8-13-6-5-7-15(9-13)23-11(2)18(21)22/h5-9,11H,4H2,1-3H3,(H,21,22)/b14-8-/t11-/m0/s1. The third kappa shape index (κ3) is 4.21. The summed E-state index contributed by atoms with van der Waals surface area (Å²) in [5.41, 5.74) is 2.24. The van der Waals surface area contributed by atoms with Gasteiger partial charge in [0.25, 0.3) is 0 Å². The van der Waals surface area contributed by atoms with Crippen LogP contribution in [0.25, 0.3) is 11.6 Å². The van der Waals surface area contributed by atoms with Gasteiger partial charge in [-0.2, -0.15) is 5.26 Å². The van der Waals surface area contributed by atoms with Gasteiger partial charge in [-0.25, -0.2) is 9.78 Å². The van der Waals surface area contributed by atoms with Gasteiger partial charge in [-0.1, -0.05) is 19.1 Å². The van der Waals surface area contributed by atoms with E-state index in [1.54, 1.807) is 24.3 Å². The van der Waals surface area contributed by atoms with E-state index >= 15 is 0 Å². The zero-order valence-corrected chi connectivity index (χ0v) is 14.6. The Labute approximate surface area is 144 Å². The van der Waals surface area contributed by atoms with Gasteiger partial charge in [0.2, 0.25) is 0 Å². The molecule has 2 rings (SSSR count). The molecule has 1 N–H and O–H groups in total. The molecular weight excluding hydrogens is 324 g/mol. The number of ether oxygens (including phenoxy) is 1. The first-order chi connectivity index (χ1) is 11.4. The molecule has 1 atom stereocenters. The lowest BCUT2D eigenvalue weighted by atomic mass is 10.1. The maximum atomic E-state index is 10.9. The van der Waals surface area contributed by atoms with Crippen LogP contribution in [0, 0.1) is 18.3 Å². The van der Waals surface area contributed by atoms with Crippen LogP contribution in [0.15, 0.2) is 24.3 Å². The van der Waals surface area contributed by atoms with Crippen molar-refractivity contribution in [1.29, 1.82) is 5.26 Å². The molecule has 1 aromatic heterocycles. The second-order valence-corrected chi connectivity index (χ2v) is 6.42. The Bertz CT molecular complexity index is 818. The number of nitrogens with zero attached hydrogens (tertiary/aromatic N) is 2. The van der Waals surface area contributed by atoms with Gasteiger partial charge in [0.1, 0.15) is 16.8 Å². The number of benzene rings is 1. The van der Waals surface area contributed by atoms with Crippen LogP contribution >= 0.6 is 11.3 Å². The first kappa shape index (κ1) is 17.7. The molecule has 0 aliphatic rings. The third-order valence-electron chi connectivity index (χ3n) is 3.41. The van der Waals surface area contributed by atoms with Crippen molar-refractivity contribution in [1.82, 2.24) is 4.98 Å². The summed E-state index contributed by atoms with van der Waals surface area (Å²) in [6.45, 7) is 5.50. The Balaban J connectivity index is 2.31. The van der Waals surface area contributed by atoms with Gasteiger partial charge in [-0.05, 0) is 44.0 Å². The molecular formula is C18H18N2O3S. The largest absolute Gasteiger partial charge is 0.479 e. The number of carboxylic acids is 1. The summed E-state index contributed by atoms with van der Waals surface area (Å²) in [7, 11) is 0. The molecule has 0 saturated carbocycles. The van der Waals surface area contributed by atoms with Crippen molar-refractivity contribution >= 4 is 29.0 Å². The molecule has 0 unspecified atom stereocenters. The van der Waals surface area contributed by atoms with Crippen molar-refractivity contribution < 1.29 is 14.6 Å². The summed E-state index contributed by atoms with van der Waals surface area (Å²) < 4.78 is 5.35. The summed E-state index contributed by atoms with van der Waals surface area (Å²) in [4.78, 5) is 16.5. The van der Waals surface area contributed by atoms with E-state index in [9.17, 15) is 10.1 Å². The molecule has 1 aromatic carbocycles. The van der Waals surface area contributed by atoms with E-state index < -0.39 is 12.1 Å². The van der Waals surface area contributed by atoms with Gasteiger partial charge in [0, 0.05) is 4.88 Å². The quantitative estimate of drug-likeness (QED) is 0.804. The number of hydrogen-bond acceptors (Lipinski definition) is 5. The maximum absolute atomic E-state index is 10.9. The smallest absolute Gasteiger partial charge is 0.344 e. The van der Waals surface area contributed by atoms with Crippen molar-refractivity contribution in [2.45, 2.75) is 33.3 Å². The summed E-state index contributed by atoms with van der Waals surface area (Å²) in [6, 6.07) is 9.17. The van der Waals surface area contributed by atoms with Gasteiger partial charge in [0.05, 0.1) is 11.3 Å². The zero-order valence-electron chi connectivity index (χ0n) is 13.7. The Kier molecular flexibility index (Phi) is 5.72. The minimum atomic E-state index is -1.03. The van der Waals surface area contributed by atoms with Crippen molar-refractivity contribution in [3.63, 3.8) is 0 Å². The number of thiazole rings is 1. The van der Waals surface area contributed by atoms with E-state index in [-0.39, 0.29) is 0 Å². The molecule has 0 bridgehead atoms. The highest BCUT2D eigenvalue weighted by Gasteiger charge is 2.13. The molecule has 24 heavy (non-hydrogen) atoms. The lowest BCUT2D eigenvalue weighted by Gasteiger charge is -2.10. The number of carbonyl (C=O) groups is 1. The van der Waals surface area contributed by atoms with Crippen LogP contribution in [-0.4, -0.2) is 22.2 Å². The molecule has 124 valence electrons. The minimum absolute atomic E-state index is 0.445. The fraction of sp³-hybridized carbons (Fsp3) is 0.278. The predicted octanol–water partition coefficient (Wildman–Crippen LogP) is 3.93. The van der Waals surface area contributed by atoms with E-state index in [0.717, 1.165) is 22.6 Å². The van der Waals surface area contributed by atoms with Crippen LogP contribution in [0.3, 0.4) is 0 Å². The van der Waals surface area contributed by atoms with Gasteiger partial charge < -0.3 is 9.84 Å². The summed E-state index contributed by atoms with van der Waals surface area (Å²) in [5, 5.41) is 19.0. The topological polar surface area (TPSA) is 83.2 Å². The van der Waals surface area contributed by atoms with Gasteiger partial charge >= 0.3 is 5.97 Å². The van der Waals surface area contributed by atoms with E-state index in [1.807, 2.05) is 19.9 Å². The molecule has 0 saturated heterocycles. The number of aliphatic carboxylic acids is 1. The number of allylic oxidation sites excluding steroid dienone is 1. The number of aromatic nitrogens is 1. The van der Waals surface area contributed by atoms with Crippen LogP contribution in [0.1, 0.15) is 35.0 Å². The number of aryl methyl sites for hydroxylation is 2. The lowest BCUT2D eigenvalue weighted by Crippen LogP contribution is -2.22. The summed E-state index contributed by atoms with van der Waals surface area (Å²) >= 11 is 1.50. The first-order valence-electron chi connectivity index (χ1n) is 7.52. The molecule has 5 nitrogen and oxygen atoms in total. The van der Waals surface area contributed by atoms with Crippen molar-refractivity contribution in [2.24, 2.45) is 0 Å². The Morgan fingerprint density at radius 1 is 1.54 bits per heavy atom. The fourth-order valence-electron chi connectivity index (χ4n) is 2.11. The lowest BCUT2D eigenvalue weighted by molar-refractivity contribution is -0.144. The average Bonchev–Trinajstić information content (AvgIpc) is 2.93. The highest BCUT2D eigenvalue weighted by molar-refractivity contribution is 7.12. The second kappa shape index (κ2) is 7.75. The Hall–Kier alpha value is -2.65. The molecule has 0 fully saturated rings. The highest BCUT2D eigenvalue weighted by Crippen LogP contribution is 2.26. The second-order valence-electron chi connectivity index (χ2n) is 5.22. The van der Waals surface area contributed by atoms with Crippen LogP contribution in [0.5, 0.6) is 5.75 Å². The van der Waals surface area contributed by atoms with Crippen molar-refractivity contribution in [3.05, 3.63) is 45.4 Å². The van der Waals surface area contributed by atoms with Crippen LogP contribution < -0.4 is 4.74 Å². The first-order valence-corrected chi connectivity index (χ1v) is 8.34. The van der Waals surface area contributed by atoms with E-state index in [1.165, 1.54) is 18.3 Å².